The van der Waals surface area contributed by atoms with Crippen molar-refractivity contribution in [3.05, 3.63) is 75.3 Å². The Labute approximate surface area is 216 Å². The minimum absolute atomic E-state index is 0.0876. The molecular formula is C28H34N6O3. The summed E-state index contributed by atoms with van der Waals surface area (Å²) in [6.07, 6.45) is 1.66. The number of nitrogens with zero attached hydrogens (tertiary/aromatic N) is 5. The number of ether oxygens (including phenoxy) is 2. The molecule has 2 aromatic carbocycles. The molecule has 0 amide bonds. The predicted molar refractivity (Wildman–Crippen MR) is 142 cm³/mol. The fourth-order valence-corrected chi connectivity index (χ4v) is 4.84. The van der Waals surface area contributed by atoms with Gasteiger partial charge in [-0.3, -0.25) is 9.69 Å². The van der Waals surface area contributed by atoms with E-state index in [0.717, 1.165) is 52.2 Å². The maximum Gasteiger partial charge on any atom is 0.252 e. The van der Waals surface area contributed by atoms with E-state index in [4.69, 9.17) is 9.47 Å². The Kier molecular flexibility index (Phi) is 6.72. The zero-order valence-corrected chi connectivity index (χ0v) is 22.1. The number of aryl methyl sites for hydroxylation is 1. The highest BCUT2D eigenvalue weighted by atomic mass is 16.7. The summed E-state index contributed by atoms with van der Waals surface area (Å²) in [6, 6.07) is 13.9. The first kappa shape index (κ1) is 25.0. The number of pyridine rings is 1. The van der Waals surface area contributed by atoms with Crippen molar-refractivity contribution >= 4 is 10.9 Å². The van der Waals surface area contributed by atoms with Gasteiger partial charge in [-0.05, 0) is 85.3 Å². The Bertz CT molecular complexity index is 1470. The summed E-state index contributed by atoms with van der Waals surface area (Å²) in [7, 11) is 0. The maximum atomic E-state index is 13.2. The Morgan fingerprint density at radius 3 is 2.68 bits per heavy atom. The average molecular weight is 503 g/mol. The fraction of sp³-hybridized carbons (Fsp3) is 0.429. The second-order valence-corrected chi connectivity index (χ2v) is 10.3. The van der Waals surface area contributed by atoms with Gasteiger partial charge in [0.25, 0.3) is 5.56 Å². The van der Waals surface area contributed by atoms with Crippen molar-refractivity contribution in [1.82, 2.24) is 30.1 Å². The van der Waals surface area contributed by atoms with E-state index in [1.54, 1.807) is 0 Å². The van der Waals surface area contributed by atoms with Crippen molar-refractivity contribution < 1.29 is 9.47 Å². The van der Waals surface area contributed by atoms with Crippen LogP contribution in [0.5, 0.6) is 11.5 Å². The third-order valence-corrected chi connectivity index (χ3v) is 7.33. The SMILES string of the molecule is CCC(c1nnnn1C(C)(C)CC)N(Cc1ccc2c(c1)OCO2)Cc1cc2cc(C)ccc2[nH]c1=O. The second-order valence-electron chi connectivity index (χ2n) is 10.3. The van der Waals surface area contributed by atoms with E-state index in [0.29, 0.717) is 18.7 Å². The number of benzene rings is 2. The number of H-pyrrole nitrogens is 1. The first-order chi connectivity index (χ1) is 17.8. The Hall–Kier alpha value is -3.72. The summed E-state index contributed by atoms with van der Waals surface area (Å²) in [5.74, 6) is 2.28. The van der Waals surface area contributed by atoms with Crippen molar-refractivity contribution in [3.8, 4) is 11.5 Å². The van der Waals surface area contributed by atoms with Crippen LogP contribution in [0.2, 0.25) is 0 Å². The van der Waals surface area contributed by atoms with Gasteiger partial charge in [0.05, 0.1) is 11.6 Å². The molecule has 0 radical (unpaired) electrons. The molecule has 0 bridgehead atoms. The lowest BCUT2D eigenvalue weighted by Gasteiger charge is -2.33. The molecule has 0 fully saturated rings. The van der Waals surface area contributed by atoms with Crippen molar-refractivity contribution in [3.63, 3.8) is 0 Å². The third kappa shape index (κ3) is 4.96. The highest BCUT2D eigenvalue weighted by molar-refractivity contribution is 5.79. The zero-order valence-electron chi connectivity index (χ0n) is 22.1. The standard InChI is InChI=1S/C28H34N6O3/c1-6-23(26-30-31-32-34(26)28(4,5)7-2)33(15-19-9-11-24-25(13-19)37-17-36-24)16-21-14-20-12-18(3)8-10-22(20)29-27(21)35/h8-14,23H,6-7,15-17H2,1-5H3,(H,29,35). The van der Waals surface area contributed by atoms with E-state index in [1.807, 2.05) is 41.1 Å². The topological polar surface area (TPSA) is 98.2 Å². The van der Waals surface area contributed by atoms with Gasteiger partial charge in [-0.25, -0.2) is 4.68 Å². The van der Waals surface area contributed by atoms with Crippen molar-refractivity contribution in [1.29, 1.82) is 0 Å². The Morgan fingerprint density at radius 1 is 1.08 bits per heavy atom. The summed E-state index contributed by atoms with van der Waals surface area (Å²) in [4.78, 5) is 18.5. The van der Waals surface area contributed by atoms with Gasteiger partial charge in [0.2, 0.25) is 6.79 Å². The van der Waals surface area contributed by atoms with Gasteiger partial charge in [0, 0.05) is 24.2 Å². The first-order valence-electron chi connectivity index (χ1n) is 12.8. The molecule has 1 atom stereocenters. The van der Waals surface area contributed by atoms with E-state index in [9.17, 15) is 4.79 Å². The van der Waals surface area contributed by atoms with Crippen LogP contribution >= 0.6 is 0 Å². The summed E-state index contributed by atoms with van der Waals surface area (Å²) in [6.45, 7) is 11.8. The third-order valence-electron chi connectivity index (χ3n) is 7.33. The van der Waals surface area contributed by atoms with Gasteiger partial charge in [-0.1, -0.05) is 31.5 Å². The van der Waals surface area contributed by atoms with E-state index >= 15 is 0 Å². The Morgan fingerprint density at radius 2 is 1.89 bits per heavy atom. The smallest absolute Gasteiger partial charge is 0.252 e. The molecule has 9 heteroatoms. The first-order valence-corrected chi connectivity index (χ1v) is 12.8. The van der Waals surface area contributed by atoms with Crippen LogP contribution in [-0.4, -0.2) is 36.9 Å². The van der Waals surface area contributed by atoms with Crippen LogP contribution in [0.25, 0.3) is 10.9 Å². The number of hydrogen-bond acceptors (Lipinski definition) is 7. The highest BCUT2D eigenvalue weighted by Crippen LogP contribution is 2.35. The van der Waals surface area contributed by atoms with Gasteiger partial charge in [-0.15, -0.1) is 5.10 Å². The van der Waals surface area contributed by atoms with Gasteiger partial charge < -0.3 is 14.5 Å². The van der Waals surface area contributed by atoms with E-state index < -0.39 is 0 Å². The van der Waals surface area contributed by atoms with Gasteiger partial charge in [0.15, 0.2) is 17.3 Å². The Balaban J connectivity index is 1.56. The summed E-state index contributed by atoms with van der Waals surface area (Å²) in [5.41, 5.74) is 3.41. The molecule has 1 aliphatic rings. The molecule has 3 heterocycles. The highest BCUT2D eigenvalue weighted by Gasteiger charge is 2.31. The number of aromatic amines is 1. The lowest BCUT2D eigenvalue weighted by Crippen LogP contribution is -2.36. The molecule has 0 spiro atoms. The predicted octanol–water partition coefficient (Wildman–Crippen LogP) is 4.85. The number of rotatable bonds is 9. The monoisotopic (exact) mass is 502 g/mol. The van der Waals surface area contributed by atoms with Gasteiger partial charge >= 0.3 is 0 Å². The van der Waals surface area contributed by atoms with E-state index in [1.165, 1.54) is 0 Å². The summed E-state index contributed by atoms with van der Waals surface area (Å²) >= 11 is 0. The fourth-order valence-electron chi connectivity index (χ4n) is 4.84. The molecule has 0 aliphatic carbocycles. The van der Waals surface area contributed by atoms with Crippen molar-refractivity contribution in [2.75, 3.05) is 6.79 Å². The number of hydrogen-bond donors (Lipinski definition) is 1. The number of fused-ring (bicyclic) bond motifs is 2. The lowest BCUT2D eigenvalue weighted by atomic mass is 10.0. The molecule has 2 aromatic heterocycles. The van der Waals surface area contributed by atoms with Crippen LogP contribution in [0.1, 0.15) is 69.1 Å². The largest absolute Gasteiger partial charge is 0.454 e. The quantitative estimate of drug-likeness (QED) is 0.349. The number of aromatic nitrogens is 5. The van der Waals surface area contributed by atoms with E-state index in [-0.39, 0.29) is 23.9 Å². The molecular weight excluding hydrogens is 468 g/mol. The normalized spacial score (nSPS) is 14.0. The molecule has 4 aromatic rings. The van der Waals surface area contributed by atoms with Crippen LogP contribution in [0, 0.1) is 6.92 Å². The van der Waals surface area contributed by atoms with E-state index in [2.05, 4.69) is 66.1 Å². The second kappa shape index (κ2) is 9.97. The van der Waals surface area contributed by atoms with Crippen LogP contribution in [-0.2, 0) is 18.6 Å². The summed E-state index contributed by atoms with van der Waals surface area (Å²) in [5, 5.41) is 13.9. The molecule has 0 saturated carbocycles. The van der Waals surface area contributed by atoms with Crippen LogP contribution in [0.4, 0.5) is 0 Å². The number of tetrazole rings is 1. The van der Waals surface area contributed by atoms with Crippen LogP contribution < -0.4 is 15.0 Å². The zero-order chi connectivity index (χ0) is 26.2. The molecule has 9 nitrogen and oxygen atoms in total. The van der Waals surface area contributed by atoms with Crippen LogP contribution in [0.15, 0.2) is 47.3 Å². The van der Waals surface area contributed by atoms with Gasteiger partial charge in [0.1, 0.15) is 0 Å². The minimum atomic E-state index is -0.241. The molecule has 5 rings (SSSR count). The summed E-state index contributed by atoms with van der Waals surface area (Å²) < 4.78 is 13.1. The van der Waals surface area contributed by atoms with Crippen molar-refractivity contribution in [2.24, 2.45) is 0 Å². The molecule has 37 heavy (non-hydrogen) atoms. The average Bonchev–Trinajstić information content (AvgIpc) is 3.55. The minimum Gasteiger partial charge on any atom is -0.454 e. The molecule has 1 unspecified atom stereocenters. The molecule has 194 valence electrons. The molecule has 1 aliphatic heterocycles. The van der Waals surface area contributed by atoms with Crippen molar-refractivity contribution in [2.45, 2.75) is 72.1 Å². The number of nitrogens with one attached hydrogen (secondary N) is 1. The molecule has 1 N–H and O–H groups in total. The van der Waals surface area contributed by atoms with Gasteiger partial charge in [-0.2, -0.15) is 0 Å². The maximum absolute atomic E-state index is 13.2. The molecule has 0 saturated heterocycles. The van der Waals surface area contributed by atoms with Crippen LogP contribution in [0.3, 0.4) is 0 Å². The lowest BCUT2D eigenvalue weighted by molar-refractivity contribution is 0.150.